The van der Waals surface area contributed by atoms with Crippen molar-refractivity contribution in [1.82, 2.24) is 10.2 Å². The SMILES string of the molecule is COc1cc(CO)cc2c1OC1C2C(C(=O)NCCO)=CC(N(Cc2ccc(F)cc2)C(=O)CCC2CCCC2)C1O. The number of hydrogen-bond acceptors (Lipinski definition) is 7. The van der Waals surface area contributed by atoms with Crippen molar-refractivity contribution in [3.8, 4) is 11.5 Å². The number of nitrogens with one attached hydrogen (secondary N) is 1. The minimum absolute atomic E-state index is 0.0219. The van der Waals surface area contributed by atoms with Gasteiger partial charge in [-0.25, -0.2) is 4.39 Å². The lowest BCUT2D eigenvalue weighted by Gasteiger charge is -2.41. The summed E-state index contributed by atoms with van der Waals surface area (Å²) >= 11 is 0. The molecule has 9 nitrogen and oxygen atoms in total. The van der Waals surface area contributed by atoms with Gasteiger partial charge < -0.3 is 35.0 Å². The molecule has 0 radical (unpaired) electrons. The predicted molar refractivity (Wildman–Crippen MR) is 152 cm³/mol. The lowest BCUT2D eigenvalue weighted by atomic mass is 9.77. The Hall–Kier alpha value is -3.47. The highest BCUT2D eigenvalue weighted by Crippen LogP contribution is 2.51. The number of carbonyl (C=O) groups excluding carboxylic acids is 2. The molecular weight excluding hydrogens is 543 g/mol. The summed E-state index contributed by atoms with van der Waals surface area (Å²) in [5.41, 5.74) is 2.11. The molecule has 2 aromatic rings. The number of rotatable bonds is 11. The van der Waals surface area contributed by atoms with Crippen molar-refractivity contribution >= 4 is 11.8 Å². The van der Waals surface area contributed by atoms with Gasteiger partial charge in [0.2, 0.25) is 11.8 Å². The Labute approximate surface area is 244 Å². The zero-order chi connectivity index (χ0) is 29.8. The Morgan fingerprint density at radius 3 is 2.52 bits per heavy atom. The third-order valence-corrected chi connectivity index (χ3v) is 8.68. The molecule has 1 aliphatic heterocycles. The molecule has 0 saturated heterocycles. The molecule has 0 bridgehead atoms. The molecule has 1 saturated carbocycles. The molecule has 2 aromatic carbocycles. The van der Waals surface area contributed by atoms with Gasteiger partial charge in [-0.2, -0.15) is 0 Å². The van der Waals surface area contributed by atoms with Gasteiger partial charge in [0.25, 0.3) is 0 Å². The third kappa shape index (κ3) is 6.16. The summed E-state index contributed by atoms with van der Waals surface area (Å²) in [6.45, 7) is -0.391. The number of methoxy groups -OCH3 is 1. The molecule has 42 heavy (non-hydrogen) atoms. The van der Waals surface area contributed by atoms with Gasteiger partial charge in [-0.05, 0) is 53.8 Å². The summed E-state index contributed by atoms with van der Waals surface area (Å²) in [6.07, 6.45) is 5.03. The second-order valence-corrected chi connectivity index (χ2v) is 11.4. The van der Waals surface area contributed by atoms with Crippen LogP contribution in [0.15, 0.2) is 48.0 Å². The molecule has 4 unspecified atom stereocenters. The highest BCUT2D eigenvalue weighted by molar-refractivity contribution is 5.96. The number of carbonyl (C=O) groups is 2. The van der Waals surface area contributed by atoms with Gasteiger partial charge in [0.15, 0.2) is 11.5 Å². The summed E-state index contributed by atoms with van der Waals surface area (Å²) in [6, 6.07) is 8.32. The van der Waals surface area contributed by atoms with Crippen LogP contribution < -0.4 is 14.8 Å². The average molecular weight is 583 g/mol. The van der Waals surface area contributed by atoms with Gasteiger partial charge >= 0.3 is 0 Å². The van der Waals surface area contributed by atoms with Crippen LogP contribution in [0.5, 0.6) is 11.5 Å². The maximum atomic E-state index is 13.8. The molecule has 2 aliphatic carbocycles. The number of ether oxygens (including phenoxy) is 2. The fourth-order valence-electron chi connectivity index (χ4n) is 6.54. The smallest absolute Gasteiger partial charge is 0.247 e. The van der Waals surface area contributed by atoms with Gasteiger partial charge in [0.1, 0.15) is 18.0 Å². The Balaban J connectivity index is 1.54. The van der Waals surface area contributed by atoms with E-state index in [1.165, 1.54) is 19.2 Å². The van der Waals surface area contributed by atoms with Crippen LogP contribution in [0.3, 0.4) is 0 Å². The van der Waals surface area contributed by atoms with Crippen molar-refractivity contribution in [2.24, 2.45) is 5.92 Å². The Morgan fingerprint density at radius 2 is 1.86 bits per heavy atom. The summed E-state index contributed by atoms with van der Waals surface area (Å²) in [5, 5.41) is 33.7. The first-order valence-corrected chi connectivity index (χ1v) is 14.7. The number of aliphatic hydroxyl groups is 3. The molecule has 226 valence electrons. The molecule has 1 heterocycles. The number of amides is 2. The van der Waals surface area contributed by atoms with Crippen molar-refractivity contribution in [2.75, 3.05) is 20.3 Å². The average Bonchev–Trinajstić information content (AvgIpc) is 3.67. The van der Waals surface area contributed by atoms with E-state index in [0.717, 1.165) is 32.1 Å². The van der Waals surface area contributed by atoms with Gasteiger partial charge in [-0.1, -0.05) is 37.8 Å². The van der Waals surface area contributed by atoms with Gasteiger partial charge in [-0.3, -0.25) is 9.59 Å². The Kier molecular flexibility index (Phi) is 9.45. The molecular formula is C32H39FN2O7. The zero-order valence-corrected chi connectivity index (χ0v) is 23.8. The monoisotopic (exact) mass is 582 g/mol. The quantitative estimate of drug-likeness (QED) is 0.321. The first-order valence-electron chi connectivity index (χ1n) is 14.7. The van der Waals surface area contributed by atoms with Gasteiger partial charge in [0, 0.05) is 30.6 Å². The highest BCUT2D eigenvalue weighted by atomic mass is 19.1. The maximum absolute atomic E-state index is 13.8. The minimum Gasteiger partial charge on any atom is -0.493 e. The number of aliphatic hydroxyl groups excluding tert-OH is 3. The third-order valence-electron chi connectivity index (χ3n) is 8.68. The zero-order valence-electron chi connectivity index (χ0n) is 23.8. The number of hydrogen-bond donors (Lipinski definition) is 4. The molecule has 2 amide bonds. The largest absolute Gasteiger partial charge is 0.493 e. The van der Waals surface area contributed by atoms with E-state index in [9.17, 15) is 29.3 Å². The van der Waals surface area contributed by atoms with Crippen LogP contribution in [0.1, 0.15) is 61.1 Å². The van der Waals surface area contributed by atoms with Crippen LogP contribution in [-0.4, -0.2) is 70.5 Å². The van der Waals surface area contributed by atoms with Crippen LogP contribution in [0.25, 0.3) is 0 Å². The standard InChI is InChI=1S/C32H39FN2O7/c1-41-26-15-21(18-37)14-23-28-24(32(40)34-12-13-36)16-25(29(39)31(28)42-30(23)26)35(17-20-6-9-22(33)10-7-20)27(38)11-8-19-4-2-3-5-19/h6-7,9-10,14-16,19,25,28-29,31,36-37,39H,2-5,8,11-13,17-18H2,1H3,(H,34,40). The molecule has 0 aromatic heterocycles. The lowest BCUT2D eigenvalue weighted by molar-refractivity contribution is -0.138. The molecule has 10 heteroatoms. The summed E-state index contributed by atoms with van der Waals surface area (Å²) in [7, 11) is 1.47. The van der Waals surface area contributed by atoms with Crippen LogP contribution in [0, 0.1) is 11.7 Å². The van der Waals surface area contributed by atoms with Crippen molar-refractivity contribution in [2.45, 2.75) is 75.8 Å². The molecule has 0 spiro atoms. The molecule has 4 N–H and O–H groups in total. The number of fused-ring (bicyclic) bond motifs is 3. The van der Waals surface area contributed by atoms with Crippen LogP contribution in [-0.2, 0) is 22.7 Å². The molecule has 1 fully saturated rings. The Bertz CT molecular complexity index is 1310. The van der Waals surface area contributed by atoms with E-state index in [1.54, 1.807) is 35.2 Å². The van der Waals surface area contributed by atoms with Crippen molar-refractivity contribution in [1.29, 1.82) is 0 Å². The van der Waals surface area contributed by atoms with Crippen LogP contribution in [0.2, 0.25) is 0 Å². The topological polar surface area (TPSA) is 129 Å². The first kappa shape index (κ1) is 30.0. The van der Waals surface area contributed by atoms with E-state index in [1.807, 2.05) is 0 Å². The van der Waals surface area contributed by atoms with E-state index in [0.29, 0.717) is 34.1 Å². The summed E-state index contributed by atoms with van der Waals surface area (Å²) in [4.78, 5) is 28.9. The van der Waals surface area contributed by atoms with Crippen molar-refractivity contribution < 1.29 is 38.8 Å². The summed E-state index contributed by atoms with van der Waals surface area (Å²) < 4.78 is 25.5. The number of nitrogens with zero attached hydrogens (tertiary/aromatic N) is 1. The molecule has 4 atom stereocenters. The predicted octanol–water partition coefficient (Wildman–Crippen LogP) is 2.95. The highest BCUT2D eigenvalue weighted by Gasteiger charge is 2.51. The van der Waals surface area contributed by atoms with E-state index < -0.39 is 35.9 Å². The summed E-state index contributed by atoms with van der Waals surface area (Å²) in [5.74, 6) is -0.514. The normalized spacial score (nSPS) is 23.0. The van der Waals surface area contributed by atoms with Crippen molar-refractivity contribution in [3.05, 3.63) is 70.6 Å². The van der Waals surface area contributed by atoms with Crippen molar-refractivity contribution in [3.63, 3.8) is 0 Å². The molecule has 5 rings (SSSR count). The Morgan fingerprint density at radius 1 is 1.12 bits per heavy atom. The van der Waals surface area contributed by atoms with Gasteiger partial charge in [0.05, 0.1) is 32.3 Å². The van der Waals surface area contributed by atoms with Crippen LogP contribution >= 0.6 is 0 Å². The molecule has 3 aliphatic rings. The minimum atomic E-state index is -1.21. The van der Waals surface area contributed by atoms with E-state index >= 15 is 0 Å². The number of halogens is 1. The fraction of sp³-hybridized carbons (Fsp3) is 0.500. The first-order chi connectivity index (χ1) is 20.3. The fourth-order valence-corrected chi connectivity index (χ4v) is 6.54. The van der Waals surface area contributed by atoms with E-state index in [4.69, 9.17) is 9.47 Å². The number of benzene rings is 2. The second-order valence-electron chi connectivity index (χ2n) is 11.4. The van der Waals surface area contributed by atoms with Crippen LogP contribution in [0.4, 0.5) is 4.39 Å². The van der Waals surface area contributed by atoms with E-state index in [-0.39, 0.29) is 44.2 Å². The van der Waals surface area contributed by atoms with Gasteiger partial charge in [-0.15, -0.1) is 0 Å². The maximum Gasteiger partial charge on any atom is 0.247 e. The lowest BCUT2D eigenvalue weighted by Crippen LogP contribution is -2.55. The second kappa shape index (κ2) is 13.2. The van der Waals surface area contributed by atoms with E-state index in [2.05, 4.69) is 5.32 Å².